The van der Waals surface area contributed by atoms with Gasteiger partial charge >= 0.3 is 5.97 Å². The first-order valence-electron chi connectivity index (χ1n) is 21.3. The van der Waals surface area contributed by atoms with E-state index >= 15 is 0 Å². The number of Topliss-reactive ketones (excluding diaryl/α,β-unsaturated/α-hetero) is 1. The summed E-state index contributed by atoms with van der Waals surface area (Å²) in [5.74, 6) is -0.665. The first-order valence-corrected chi connectivity index (χ1v) is 21.3. The zero-order valence-corrected chi connectivity index (χ0v) is 34.6. The van der Waals surface area contributed by atoms with E-state index in [2.05, 4.69) is 49.2 Å². The number of benzene rings is 1. The number of pyridine rings is 1. The Morgan fingerprint density at radius 2 is 1.66 bits per heavy atom. The van der Waals surface area contributed by atoms with Crippen LogP contribution in [0.2, 0.25) is 0 Å². The maximum atomic E-state index is 14.1. The third-order valence-corrected chi connectivity index (χ3v) is 13.2. The van der Waals surface area contributed by atoms with Gasteiger partial charge in [-0.25, -0.2) is 0 Å². The fourth-order valence-corrected chi connectivity index (χ4v) is 9.08. The highest BCUT2D eigenvalue weighted by Gasteiger charge is 2.35. The topological polar surface area (TPSA) is 140 Å². The van der Waals surface area contributed by atoms with Gasteiger partial charge in [0.15, 0.2) is 5.78 Å². The van der Waals surface area contributed by atoms with Crippen LogP contribution in [0.5, 0.6) is 0 Å². The van der Waals surface area contributed by atoms with Crippen molar-refractivity contribution in [2.75, 3.05) is 13.1 Å². The summed E-state index contributed by atoms with van der Waals surface area (Å²) in [5.41, 5.74) is 6.83. The van der Waals surface area contributed by atoms with E-state index in [1.807, 2.05) is 18.2 Å². The Morgan fingerprint density at radius 3 is 2.30 bits per heavy atom. The van der Waals surface area contributed by atoms with E-state index in [0.29, 0.717) is 36.3 Å². The van der Waals surface area contributed by atoms with Gasteiger partial charge in [-0.2, -0.15) is 0 Å². The first-order chi connectivity index (χ1) is 26.4. The monoisotopic (exact) mass is 766 g/mol. The fraction of sp³-hybridized carbons (Fsp3) is 0.638. The van der Waals surface area contributed by atoms with Crippen LogP contribution in [-0.2, 0) is 33.6 Å². The van der Waals surface area contributed by atoms with Crippen LogP contribution in [-0.4, -0.2) is 63.8 Å². The number of rotatable bonds is 11. The Balaban J connectivity index is 0.000000695. The molecular weight excluding hydrogens is 703 g/mol. The molecule has 0 bridgehead atoms. The molecule has 3 fully saturated rings. The van der Waals surface area contributed by atoms with Crippen LogP contribution < -0.4 is 10.4 Å². The minimum Gasteiger partial charge on any atom is -0.550 e. The van der Waals surface area contributed by atoms with Crippen molar-refractivity contribution in [2.45, 2.75) is 149 Å². The molecule has 9 heteroatoms. The van der Waals surface area contributed by atoms with Crippen molar-refractivity contribution in [2.24, 2.45) is 28.6 Å². The molecule has 1 aromatic carbocycles. The number of allylic oxidation sites excluding steroid dienone is 1. The molecule has 1 aliphatic heterocycles. The molecule has 1 aromatic heterocycles. The van der Waals surface area contributed by atoms with Crippen molar-refractivity contribution < 1.29 is 29.4 Å². The number of carboxylic acid groups (broad SMARTS) is 2. The molecular formula is C47H64N3O6-. The number of carbonyl (C=O) groups excluding carboxylic acids is 3. The van der Waals surface area contributed by atoms with Gasteiger partial charge in [-0.3, -0.25) is 24.3 Å². The number of aromatic nitrogens is 1. The summed E-state index contributed by atoms with van der Waals surface area (Å²) in [7, 11) is 0. The van der Waals surface area contributed by atoms with E-state index in [1.54, 1.807) is 20.8 Å². The molecule has 0 spiro atoms. The number of amides is 1. The average Bonchev–Trinajstić information content (AvgIpc) is 3.75. The second-order valence-electron chi connectivity index (χ2n) is 19.6. The summed E-state index contributed by atoms with van der Waals surface area (Å²) in [5, 5.41) is 22.7. The smallest absolute Gasteiger partial charge is 0.306 e. The van der Waals surface area contributed by atoms with Gasteiger partial charge in [0.25, 0.3) is 5.91 Å². The van der Waals surface area contributed by atoms with Crippen molar-refractivity contribution in [1.82, 2.24) is 15.2 Å². The van der Waals surface area contributed by atoms with Crippen molar-refractivity contribution in [3.05, 3.63) is 69.5 Å². The van der Waals surface area contributed by atoms with Crippen LogP contribution in [0, 0.1) is 28.6 Å². The standard InChI is InChI=1S/C42H55N3O4.C5H10O2/c1-42(2,3)34-13-16-37-32(22-34)20-31-21-33(23-38(31)44-37)39(46)24-29(12-9-26-7-10-27(11-8-26)41(48)49)28-5-4-6-30(19-28)40(47)43-35-17-18-45(25-35)36-14-15-36;1-5(2,3)4(6)7/h4-6,19-21,26-27,29,34-36H,7-18,22-25H2,1-3H3,(H,43,47)(H,48,49);1-3H3,(H,6,7)/p-1/t26?,27?,29-,34-,35?;/m0./s1. The van der Waals surface area contributed by atoms with Crippen LogP contribution >= 0.6 is 0 Å². The Morgan fingerprint density at radius 1 is 0.946 bits per heavy atom. The Hall–Kier alpha value is -3.85. The number of nitrogens with one attached hydrogen (secondary N) is 1. The van der Waals surface area contributed by atoms with E-state index in [1.165, 1.54) is 24.1 Å². The fourth-order valence-electron chi connectivity index (χ4n) is 9.08. The number of hydrogen-bond acceptors (Lipinski definition) is 7. The molecule has 2 saturated carbocycles. The lowest BCUT2D eigenvalue weighted by molar-refractivity contribution is -0.316. The third kappa shape index (κ3) is 10.8. The molecule has 1 unspecified atom stereocenters. The second-order valence-corrected chi connectivity index (χ2v) is 19.6. The molecule has 2 aromatic rings. The summed E-state index contributed by atoms with van der Waals surface area (Å²) in [6.07, 6.45) is 15.0. The van der Waals surface area contributed by atoms with E-state index < -0.39 is 17.4 Å². The maximum Gasteiger partial charge on any atom is 0.306 e. The highest BCUT2D eigenvalue weighted by atomic mass is 16.4. The van der Waals surface area contributed by atoms with Crippen LogP contribution in [0.25, 0.3) is 6.08 Å². The molecule has 3 atom stereocenters. The zero-order chi connectivity index (χ0) is 40.4. The summed E-state index contributed by atoms with van der Waals surface area (Å²) < 4.78 is 0. The van der Waals surface area contributed by atoms with Gasteiger partial charge in [-0.1, -0.05) is 53.7 Å². The molecule has 2 N–H and O–H groups in total. The molecule has 7 rings (SSSR count). The molecule has 9 nitrogen and oxygen atoms in total. The van der Waals surface area contributed by atoms with E-state index in [4.69, 9.17) is 4.98 Å². The molecule has 1 amide bonds. The zero-order valence-electron chi connectivity index (χ0n) is 34.6. The predicted octanol–water partition coefficient (Wildman–Crippen LogP) is 7.34. The molecule has 2 heterocycles. The largest absolute Gasteiger partial charge is 0.550 e. The highest BCUT2D eigenvalue weighted by Crippen LogP contribution is 2.40. The van der Waals surface area contributed by atoms with E-state index in [0.717, 1.165) is 99.7 Å². The van der Waals surface area contributed by atoms with Gasteiger partial charge < -0.3 is 20.3 Å². The van der Waals surface area contributed by atoms with Gasteiger partial charge in [0.05, 0.1) is 11.6 Å². The normalized spacial score (nSPS) is 24.2. The lowest BCUT2D eigenvalue weighted by Crippen LogP contribution is -2.37. The van der Waals surface area contributed by atoms with E-state index in [9.17, 15) is 29.4 Å². The summed E-state index contributed by atoms with van der Waals surface area (Å²) in [4.78, 5) is 56.6. The number of fused-ring (bicyclic) bond motifs is 2. The Bertz CT molecular complexity index is 1810. The SMILES string of the molecule is CC(C)(C)C(=O)[O-].CC(C)(C)[C@H]1CCc2nc3c(cc2C1)C=C(C(=O)C[C@H](CCC1CCC(C(=O)O)CC1)c1cccc(C(=O)NC2CCN(C4CC4)C2)c1)C3. The lowest BCUT2D eigenvalue weighted by Gasteiger charge is -2.34. The van der Waals surface area contributed by atoms with Gasteiger partial charge in [-0.15, -0.1) is 0 Å². The molecule has 0 radical (unpaired) electrons. The average molecular weight is 767 g/mol. The molecule has 4 aliphatic carbocycles. The Labute approximate surface area is 334 Å². The van der Waals surface area contributed by atoms with Crippen molar-refractivity contribution in [1.29, 1.82) is 0 Å². The van der Waals surface area contributed by atoms with Gasteiger partial charge in [0.2, 0.25) is 0 Å². The summed E-state index contributed by atoms with van der Waals surface area (Å²) >= 11 is 0. The van der Waals surface area contributed by atoms with Crippen LogP contribution in [0.4, 0.5) is 0 Å². The number of nitrogens with zero attached hydrogens (tertiary/aromatic N) is 2. The van der Waals surface area contributed by atoms with E-state index in [-0.39, 0.29) is 35.0 Å². The maximum absolute atomic E-state index is 14.1. The number of likely N-dealkylation sites (tertiary alicyclic amines) is 1. The number of carbonyl (C=O) groups is 4. The van der Waals surface area contributed by atoms with Crippen molar-refractivity contribution in [3.8, 4) is 0 Å². The van der Waals surface area contributed by atoms with Crippen molar-refractivity contribution >= 4 is 29.7 Å². The second kappa shape index (κ2) is 17.3. The number of aryl methyl sites for hydroxylation is 1. The summed E-state index contributed by atoms with van der Waals surface area (Å²) in [6.45, 7) is 13.8. The van der Waals surface area contributed by atoms with Gasteiger partial charge in [-0.05, 0) is 141 Å². The predicted molar refractivity (Wildman–Crippen MR) is 217 cm³/mol. The molecule has 304 valence electrons. The molecule has 1 saturated heterocycles. The first kappa shape index (κ1) is 41.8. The Kier molecular flexibility index (Phi) is 12.9. The minimum absolute atomic E-state index is 0.00685. The number of aliphatic carboxylic acids is 2. The number of carboxylic acids is 2. The highest BCUT2D eigenvalue weighted by molar-refractivity contribution is 6.02. The van der Waals surface area contributed by atoms with Crippen molar-refractivity contribution in [3.63, 3.8) is 0 Å². The van der Waals surface area contributed by atoms with Gasteiger partial charge in [0.1, 0.15) is 0 Å². The summed E-state index contributed by atoms with van der Waals surface area (Å²) in [6, 6.07) is 11.2. The minimum atomic E-state index is -1.01. The van der Waals surface area contributed by atoms with Crippen LogP contribution in [0.3, 0.4) is 0 Å². The lowest BCUT2D eigenvalue weighted by atomic mass is 9.71. The molecule has 5 aliphatic rings. The number of ketones is 1. The van der Waals surface area contributed by atoms with Crippen LogP contribution in [0.1, 0.15) is 157 Å². The quantitative estimate of drug-likeness (QED) is 0.242. The van der Waals surface area contributed by atoms with Gasteiger partial charge in [0, 0.05) is 66.2 Å². The number of hydrogen-bond donors (Lipinski definition) is 2. The third-order valence-electron chi connectivity index (χ3n) is 13.2. The molecule has 56 heavy (non-hydrogen) atoms. The van der Waals surface area contributed by atoms with Crippen LogP contribution in [0.15, 0.2) is 35.9 Å².